The summed E-state index contributed by atoms with van der Waals surface area (Å²) in [4.78, 5) is 4.48. The number of imidazole rings is 1. The Morgan fingerprint density at radius 2 is 2.21 bits per heavy atom. The molecule has 0 spiro atoms. The van der Waals surface area contributed by atoms with Crippen molar-refractivity contribution in [3.05, 3.63) is 36.7 Å². The van der Waals surface area contributed by atoms with E-state index in [0.29, 0.717) is 6.54 Å². The summed E-state index contributed by atoms with van der Waals surface area (Å²) in [5.41, 5.74) is 7.60. The molecule has 72 valence electrons. The highest BCUT2D eigenvalue weighted by molar-refractivity contribution is 5.78. The highest BCUT2D eigenvalue weighted by Gasteiger charge is 2.06. The maximum atomic E-state index is 5.52. The summed E-state index contributed by atoms with van der Waals surface area (Å²) >= 11 is 0. The monoisotopic (exact) mass is 187 g/mol. The highest BCUT2D eigenvalue weighted by atomic mass is 15.1. The average Bonchev–Trinajstić information content (AvgIpc) is 2.55. The zero-order valence-electron chi connectivity index (χ0n) is 7.98. The van der Waals surface area contributed by atoms with Gasteiger partial charge in [-0.2, -0.15) is 0 Å². The Morgan fingerprint density at radius 3 is 2.93 bits per heavy atom. The van der Waals surface area contributed by atoms with E-state index in [9.17, 15) is 0 Å². The molecule has 0 aliphatic heterocycles. The number of aromatic nitrogens is 2. The van der Waals surface area contributed by atoms with Gasteiger partial charge in [-0.15, -0.1) is 0 Å². The molecule has 1 heterocycles. The summed E-state index contributed by atoms with van der Waals surface area (Å²) in [5.74, 6) is 0.976. The first-order valence-electron chi connectivity index (χ1n) is 4.65. The first kappa shape index (κ1) is 8.97. The summed E-state index contributed by atoms with van der Waals surface area (Å²) in [6, 6.07) is 8.00. The van der Waals surface area contributed by atoms with Crippen molar-refractivity contribution in [1.29, 1.82) is 0 Å². The number of benzene rings is 1. The van der Waals surface area contributed by atoms with E-state index >= 15 is 0 Å². The van der Waals surface area contributed by atoms with Gasteiger partial charge in [-0.1, -0.05) is 18.7 Å². The van der Waals surface area contributed by atoms with E-state index in [1.54, 1.807) is 6.20 Å². The van der Waals surface area contributed by atoms with Gasteiger partial charge in [0.05, 0.1) is 11.0 Å². The van der Waals surface area contributed by atoms with Crippen molar-refractivity contribution in [3.8, 4) is 0 Å². The van der Waals surface area contributed by atoms with E-state index in [2.05, 4.69) is 11.6 Å². The molecule has 1 aromatic heterocycles. The second kappa shape index (κ2) is 3.64. The van der Waals surface area contributed by atoms with E-state index in [4.69, 9.17) is 5.73 Å². The Balaban J connectivity index is 2.65. The number of hydrogen-bond donors (Lipinski definition) is 1. The van der Waals surface area contributed by atoms with Crippen molar-refractivity contribution in [2.75, 3.05) is 6.54 Å². The fraction of sp³-hybridized carbons (Fsp3) is 0.182. The molecule has 0 fully saturated rings. The Bertz CT molecular complexity index is 457. The van der Waals surface area contributed by atoms with Crippen LogP contribution in [0.5, 0.6) is 0 Å². The van der Waals surface area contributed by atoms with Crippen molar-refractivity contribution in [2.24, 2.45) is 5.73 Å². The van der Waals surface area contributed by atoms with E-state index < -0.39 is 0 Å². The minimum atomic E-state index is 0.608. The zero-order chi connectivity index (χ0) is 9.97. The Hall–Kier alpha value is -1.61. The molecule has 14 heavy (non-hydrogen) atoms. The lowest BCUT2D eigenvalue weighted by atomic mass is 10.3. The second-order valence-electron chi connectivity index (χ2n) is 3.11. The third kappa shape index (κ3) is 1.32. The largest absolute Gasteiger partial charge is 0.330 e. The quantitative estimate of drug-likeness (QED) is 0.793. The van der Waals surface area contributed by atoms with Crippen LogP contribution in [0, 0.1) is 0 Å². The number of nitrogens with zero attached hydrogens (tertiary/aromatic N) is 2. The van der Waals surface area contributed by atoms with Gasteiger partial charge < -0.3 is 10.3 Å². The summed E-state index contributed by atoms with van der Waals surface area (Å²) in [6.07, 6.45) is 2.56. The van der Waals surface area contributed by atoms with E-state index in [0.717, 1.165) is 23.3 Å². The predicted molar refractivity (Wildman–Crippen MR) is 58.9 cm³/mol. The Morgan fingerprint density at radius 1 is 1.43 bits per heavy atom. The van der Waals surface area contributed by atoms with Crippen LogP contribution >= 0.6 is 0 Å². The number of para-hydroxylation sites is 2. The summed E-state index contributed by atoms with van der Waals surface area (Å²) < 4.78 is 1.99. The highest BCUT2D eigenvalue weighted by Crippen LogP contribution is 2.15. The fourth-order valence-electron chi connectivity index (χ4n) is 1.60. The molecule has 2 aromatic rings. The van der Waals surface area contributed by atoms with Crippen LogP contribution in [-0.4, -0.2) is 16.1 Å². The van der Waals surface area contributed by atoms with Gasteiger partial charge in [-0.3, -0.25) is 0 Å². The van der Waals surface area contributed by atoms with Crippen LogP contribution in [0.25, 0.3) is 17.2 Å². The number of nitrogens with two attached hydrogens (primary N) is 1. The molecule has 3 nitrogen and oxygen atoms in total. The molecule has 0 radical (unpaired) electrons. The van der Waals surface area contributed by atoms with Gasteiger partial charge in [-0.25, -0.2) is 4.98 Å². The van der Waals surface area contributed by atoms with Crippen LogP contribution in [0.2, 0.25) is 0 Å². The van der Waals surface area contributed by atoms with Crippen LogP contribution in [0.4, 0.5) is 0 Å². The van der Waals surface area contributed by atoms with Crippen molar-refractivity contribution < 1.29 is 0 Å². The SMILES string of the molecule is C=Cn1c(CCN)nc2ccccc21. The van der Waals surface area contributed by atoms with Gasteiger partial charge >= 0.3 is 0 Å². The third-order valence-corrected chi connectivity index (χ3v) is 2.22. The maximum Gasteiger partial charge on any atom is 0.115 e. The minimum Gasteiger partial charge on any atom is -0.330 e. The van der Waals surface area contributed by atoms with Crippen molar-refractivity contribution in [2.45, 2.75) is 6.42 Å². The number of fused-ring (bicyclic) bond motifs is 1. The molecule has 0 aliphatic rings. The van der Waals surface area contributed by atoms with Crippen molar-refractivity contribution in [1.82, 2.24) is 9.55 Å². The first-order valence-corrected chi connectivity index (χ1v) is 4.65. The lowest BCUT2D eigenvalue weighted by molar-refractivity contribution is 0.866. The number of rotatable bonds is 3. The van der Waals surface area contributed by atoms with Crippen LogP contribution < -0.4 is 5.73 Å². The number of hydrogen-bond acceptors (Lipinski definition) is 2. The fourth-order valence-corrected chi connectivity index (χ4v) is 1.60. The lowest BCUT2D eigenvalue weighted by Crippen LogP contribution is -2.06. The molecule has 2 N–H and O–H groups in total. The van der Waals surface area contributed by atoms with E-state index in [1.165, 1.54) is 0 Å². The summed E-state index contributed by atoms with van der Waals surface area (Å²) in [5, 5.41) is 0. The summed E-state index contributed by atoms with van der Waals surface area (Å²) in [6.45, 7) is 4.39. The average molecular weight is 187 g/mol. The molecular formula is C11H13N3. The smallest absolute Gasteiger partial charge is 0.115 e. The minimum absolute atomic E-state index is 0.608. The van der Waals surface area contributed by atoms with Gasteiger partial charge in [0.15, 0.2) is 0 Å². The van der Waals surface area contributed by atoms with E-state index in [1.807, 2.05) is 28.8 Å². The molecule has 0 atom stereocenters. The van der Waals surface area contributed by atoms with Gasteiger partial charge in [0.2, 0.25) is 0 Å². The molecule has 0 saturated heterocycles. The third-order valence-electron chi connectivity index (χ3n) is 2.22. The molecule has 1 aromatic carbocycles. The van der Waals surface area contributed by atoms with Gasteiger partial charge in [0.1, 0.15) is 5.82 Å². The zero-order valence-corrected chi connectivity index (χ0v) is 7.98. The molecule has 0 unspecified atom stereocenters. The normalized spacial score (nSPS) is 10.6. The predicted octanol–water partition coefficient (Wildman–Crippen LogP) is 1.64. The molecule has 3 heteroatoms. The lowest BCUT2D eigenvalue weighted by Gasteiger charge is -2.00. The van der Waals surface area contributed by atoms with Crippen molar-refractivity contribution in [3.63, 3.8) is 0 Å². The van der Waals surface area contributed by atoms with Crippen LogP contribution in [0.15, 0.2) is 30.8 Å². The first-order chi connectivity index (χ1) is 6.86. The van der Waals surface area contributed by atoms with Crippen LogP contribution in [0.1, 0.15) is 5.82 Å². The molecule has 0 aliphatic carbocycles. The van der Waals surface area contributed by atoms with Gasteiger partial charge in [0.25, 0.3) is 0 Å². The summed E-state index contributed by atoms with van der Waals surface area (Å²) in [7, 11) is 0. The van der Waals surface area contributed by atoms with Gasteiger partial charge in [0, 0.05) is 12.6 Å². The topological polar surface area (TPSA) is 43.8 Å². The molecule has 2 rings (SSSR count). The van der Waals surface area contributed by atoms with E-state index in [-0.39, 0.29) is 0 Å². The molecule has 0 saturated carbocycles. The molecule has 0 amide bonds. The van der Waals surface area contributed by atoms with Crippen LogP contribution in [0.3, 0.4) is 0 Å². The molecular weight excluding hydrogens is 174 g/mol. The van der Waals surface area contributed by atoms with Crippen molar-refractivity contribution >= 4 is 17.2 Å². The Labute approximate surface area is 82.9 Å². The van der Waals surface area contributed by atoms with Gasteiger partial charge in [-0.05, 0) is 18.7 Å². The van der Waals surface area contributed by atoms with Crippen LogP contribution in [-0.2, 0) is 6.42 Å². The maximum absolute atomic E-state index is 5.52. The standard InChI is InChI=1S/C11H13N3/c1-2-14-10-6-4-3-5-9(10)13-11(14)7-8-12/h2-6H,1,7-8,12H2. The Kier molecular flexibility index (Phi) is 2.33. The molecule has 0 bridgehead atoms. The second-order valence-corrected chi connectivity index (χ2v) is 3.11.